The molecule has 3 aliphatic rings. The van der Waals surface area contributed by atoms with Gasteiger partial charge in [0.05, 0.1) is 41.2 Å². The SMILES string of the molecule is CCC(=N)N1CCOC[C@H]1C(=O)N1C[C@H](O)C[C@H]1C(=O)NCC1C=CC(c2scnc2C)=CC1. The Bertz CT molecular complexity index is 990. The van der Waals surface area contributed by atoms with E-state index in [1.165, 1.54) is 9.78 Å². The van der Waals surface area contributed by atoms with E-state index in [0.29, 0.717) is 32.0 Å². The van der Waals surface area contributed by atoms with E-state index in [1.807, 2.05) is 19.4 Å². The van der Waals surface area contributed by atoms with E-state index in [0.717, 1.165) is 17.7 Å². The molecular weight excluding hydrogens is 454 g/mol. The first kappa shape index (κ1) is 24.6. The number of likely N-dealkylation sites (tertiary alicyclic amines) is 1. The number of aliphatic hydroxyl groups excluding tert-OH is 1. The Labute approximate surface area is 204 Å². The summed E-state index contributed by atoms with van der Waals surface area (Å²) in [5.41, 5.74) is 4.03. The lowest BCUT2D eigenvalue weighted by Crippen LogP contribution is -2.58. The number of nitrogens with zero attached hydrogens (tertiary/aromatic N) is 3. The quantitative estimate of drug-likeness (QED) is 0.414. The van der Waals surface area contributed by atoms with E-state index in [2.05, 4.69) is 28.5 Å². The first-order valence-electron chi connectivity index (χ1n) is 11.9. The number of aliphatic hydroxyl groups is 1. The first-order chi connectivity index (χ1) is 16.4. The van der Waals surface area contributed by atoms with E-state index in [4.69, 9.17) is 10.1 Å². The summed E-state index contributed by atoms with van der Waals surface area (Å²) in [5, 5.41) is 21.5. The van der Waals surface area contributed by atoms with Crippen molar-refractivity contribution in [1.82, 2.24) is 20.1 Å². The Morgan fingerprint density at radius 1 is 1.35 bits per heavy atom. The zero-order chi connectivity index (χ0) is 24.2. The molecule has 0 bridgehead atoms. The smallest absolute Gasteiger partial charge is 0.248 e. The highest BCUT2D eigenvalue weighted by Crippen LogP contribution is 2.29. The third kappa shape index (κ3) is 5.24. The molecule has 4 rings (SSSR count). The number of aromatic nitrogens is 1. The van der Waals surface area contributed by atoms with Crippen LogP contribution in [0.1, 0.15) is 36.8 Å². The zero-order valence-electron chi connectivity index (χ0n) is 19.7. The molecule has 2 fully saturated rings. The maximum atomic E-state index is 13.4. The Morgan fingerprint density at radius 3 is 2.85 bits per heavy atom. The molecular formula is C24H33N5O4S. The summed E-state index contributed by atoms with van der Waals surface area (Å²) in [6.07, 6.45) is 7.16. The van der Waals surface area contributed by atoms with Gasteiger partial charge in [-0.25, -0.2) is 4.98 Å². The second kappa shape index (κ2) is 10.8. The molecule has 3 heterocycles. The number of carbonyl (C=O) groups is 2. The molecule has 1 aliphatic carbocycles. The van der Waals surface area contributed by atoms with Crippen LogP contribution in [-0.4, -0.2) is 88.6 Å². The molecule has 1 aromatic heterocycles. The van der Waals surface area contributed by atoms with Gasteiger partial charge in [0.25, 0.3) is 0 Å². The molecule has 9 nitrogen and oxygen atoms in total. The van der Waals surface area contributed by atoms with Crippen molar-refractivity contribution in [3.05, 3.63) is 34.3 Å². The highest BCUT2D eigenvalue weighted by atomic mass is 32.1. The molecule has 0 aromatic carbocycles. The maximum absolute atomic E-state index is 13.4. The molecule has 1 aromatic rings. The lowest BCUT2D eigenvalue weighted by molar-refractivity contribution is -0.145. The molecule has 0 spiro atoms. The van der Waals surface area contributed by atoms with Crippen molar-refractivity contribution < 1.29 is 19.4 Å². The van der Waals surface area contributed by atoms with Gasteiger partial charge in [0, 0.05) is 32.5 Å². The van der Waals surface area contributed by atoms with Crippen LogP contribution >= 0.6 is 11.3 Å². The van der Waals surface area contributed by atoms with Crippen molar-refractivity contribution in [2.45, 2.75) is 51.3 Å². The highest BCUT2D eigenvalue weighted by molar-refractivity contribution is 7.11. The zero-order valence-corrected chi connectivity index (χ0v) is 20.5. The number of hydrogen-bond acceptors (Lipinski definition) is 7. The number of hydrogen-bond donors (Lipinski definition) is 3. The number of amidine groups is 1. The number of allylic oxidation sites excluding steroid dienone is 3. The van der Waals surface area contributed by atoms with Gasteiger partial charge in [0.1, 0.15) is 12.1 Å². The second-order valence-corrected chi connectivity index (χ2v) is 9.86. The fraction of sp³-hybridized carbons (Fsp3) is 0.583. The van der Waals surface area contributed by atoms with Gasteiger partial charge in [0.2, 0.25) is 11.8 Å². The van der Waals surface area contributed by atoms with Gasteiger partial charge >= 0.3 is 0 Å². The van der Waals surface area contributed by atoms with Crippen LogP contribution in [0, 0.1) is 18.3 Å². The van der Waals surface area contributed by atoms with Crippen LogP contribution in [0.4, 0.5) is 0 Å². The van der Waals surface area contributed by atoms with Gasteiger partial charge in [-0.05, 0) is 24.8 Å². The summed E-state index contributed by atoms with van der Waals surface area (Å²) >= 11 is 1.62. The second-order valence-electron chi connectivity index (χ2n) is 9.01. The third-order valence-corrected chi connectivity index (χ3v) is 7.67. The summed E-state index contributed by atoms with van der Waals surface area (Å²) in [5.74, 6) is 0.0380. The Balaban J connectivity index is 1.35. The number of β-amino-alcohol motifs (C(OH)–C–C–N with tert-alkyl or cyclic N) is 1. The molecule has 3 N–H and O–H groups in total. The molecule has 2 saturated heterocycles. The van der Waals surface area contributed by atoms with Crippen LogP contribution in [0.25, 0.3) is 5.57 Å². The summed E-state index contributed by atoms with van der Waals surface area (Å²) in [6.45, 7) is 5.58. The van der Waals surface area contributed by atoms with Crippen molar-refractivity contribution in [2.24, 2.45) is 5.92 Å². The number of morpholine rings is 1. The number of nitrogens with one attached hydrogen (secondary N) is 2. The predicted molar refractivity (Wildman–Crippen MR) is 131 cm³/mol. The van der Waals surface area contributed by atoms with E-state index in [-0.39, 0.29) is 37.3 Å². The molecule has 0 radical (unpaired) electrons. The number of amides is 2. The van der Waals surface area contributed by atoms with Crippen molar-refractivity contribution >= 4 is 34.6 Å². The number of aryl methyl sites for hydroxylation is 1. The van der Waals surface area contributed by atoms with Crippen LogP contribution in [0.15, 0.2) is 23.7 Å². The maximum Gasteiger partial charge on any atom is 0.248 e. The van der Waals surface area contributed by atoms with Crippen molar-refractivity contribution in [2.75, 3.05) is 32.8 Å². The summed E-state index contributed by atoms with van der Waals surface area (Å²) in [7, 11) is 0. The van der Waals surface area contributed by atoms with Gasteiger partial charge in [-0.2, -0.15) is 0 Å². The number of thiazole rings is 1. The van der Waals surface area contributed by atoms with E-state index in [1.54, 1.807) is 16.2 Å². The first-order valence-corrected chi connectivity index (χ1v) is 12.7. The molecule has 0 saturated carbocycles. The summed E-state index contributed by atoms with van der Waals surface area (Å²) in [4.78, 5) is 35.1. The van der Waals surface area contributed by atoms with Crippen LogP contribution < -0.4 is 5.32 Å². The van der Waals surface area contributed by atoms with Gasteiger partial charge in [-0.1, -0.05) is 25.2 Å². The lowest BCUT2D eigenvalue weighted by Gasteiger charge is -2.39. The van der Waals surface area contributed by atoms with Crippen LogP contribution in [0.5, 0.6) is 0 Å². The monoisotopic (exact) mass is 487 g/mol. The molecule has 1 unspecified atom stereocenters. The number of rotatable bonds is 6. The van der Waals surface area contributed by atoms with Gasteiger partial charge in [0.15, 0.2) is 0 Å². The molecule has 2 aliphatic heterocycles. The largest absolute Gasteiger partial charge is 0.391 e. The van der Waals surface area contributed by atoms with E-state index in [9.17, 15) is 14.7 Å². The Hall–Kier alpha value is -2.56. The van der Waals surface area contributed by atoms with Crippen molar-refractivity contribution in [3.63, 3.8) is 0 Å². The molecule has 2 amide bonds. The molecule has 4 atom stereocenters. The Kier molecular flexibility index (Phi) is 7.80. The molecule has 184 valence electrons. The topological polar surface area (TPSA) is 119 Å². The minimum atomic E-state index is -0.744. The molecule has 34 heavy (non-hydrogen) atoms. The van der Waals surface area contributed by atoms with Gasteiger partial charge < -0.3 is 25.0 Å². The van der Waals surface area contributed by atoms with Crippen LogP contribution in [0.3, 0.4) is 0 Å². The van der Waals surface area contributed by atoms with Gasteiger partial charge in [-0.3, -0.25) is 15.0 Å². The summed E-state index contributed by atoms with van der Waals surface area (Å²) < 4.78 is 5.51. The number of carbonyl (C=O) groups excluding carboxylic acids is 2. The van der Waals surface area contributed by atoms with Crippen molar-refractivity contribution in [1.29, 1.82) is 5.41 Å². The fourth-order valence-electron chi connectivity index (χ4n) is 4.74. The van der Waals surface area contributed by atoms with E-state index >= 15 is 0 Å². The minimum Gasteiger partial charge on any atom is -0.391 e. The molecule has 10 heteroatoms. The lowest BCUT2D eigenvalue weighted by atomic mass is 9.95. The average Bonchev–Trinajstić information content (AvgIpc) is 3.47. The standard InChI is InChI=1S/C24H33N5O4S/c1-3-21(25)28-8-9-33-13-20(28)24(32)29-12-18(30)10-19(29)23(31)26-11-16-4-6-17(7-5-16)22-15(2)27-14-34-22/h4,6-7,14,16,18-20,25,30H,3,5,8-13H2,1-2H3,(H,26,31)/t16?,18-,19+,20+/m1/s1. The van der Waals surface area contributed by atoms with E-state index < -0.39 is 18.2 Å². The number of ether oxygens (including phenoxy) is 1. The fourth-order valence-corrected chi connectivity index (χ4v) is 5.57. The highest BCUT2D eigenvalue weighted by Gasteiger charge is 2.43. The minimum absolute atomic E-state index is 0.115. The predicted octanol–water partition coefficient (Wildman–Crippen LogP) is 1.58. The van der Waals surface area contributed by atoms with Crippen LogP contribution in [0.2, 0.25) is 0 Å². The third-order valence-electron chi connectivity index (χ3n) is 6.69. The summed E-state index contributed by atoms with van der Waals surface area (Å²) in [6, 6.07) is -1.36. The normalized spacial score (nSPS) is 27.0. The van der Waals surface area contributed by atoms with Gasteiger partial charge in [-0.15, -0.1) is 11.3 Å². The Morgan fingerprint density at radius 2 is 2.18 bits per heavy atom. The average molecular weight is 488 g/mol. The van der Waals surface area contributed by atoms with Crippen LogP contribution in [-0.2, 0) is 14.3 Å². The van der Waals surface area contributed by atoms with Crippen molar-refractivity contribution in [3.8, 4) is 0 Å².